The van der Waals surface area contributed by atoms with Gasteiger partial charge in [-0.15, -0.1) is 0 Å². The van der Waals surface area contributed by atoms with Gasteiger partial charge >= 0.3 is 0 Å². The number of benzene rings is 8. The molecule has 6 heteroatoms. The SMILES string of the molecule is CC(C)(C)c1ccc2c(c1)c1cc(C(C)(C)C)cc3c1n2-c1c2c4c5c(c1-c1ccc(C#N)cc1)-n1c6ccc(C(C)(C)C)cc6c6cc(C(C)(C)C)cc(c61)B5c1cc(C(C)(C)C)cc5c6cc(C(C)(C)C)cc(c6n-4c15)B23. The summed E-state index contributed by atoms with van der Waals surface area (Å²) >= 11 is 0. The van der Waals surface area contributed by atoms with Gasteiger partial charge in [0.05, 0.1) is 34.0 Å². The lowest BCUT2D eigenvalue weighted by atomic mass is 9.29. The van der Waals surface area contributed by atoms with Crippen molar-refractivity contribution in [1.29, 1.82) is 5.26 Å². The quantitative estimate of drug-likeness (QED) is 0.151. The smallest absolute Gasteiger partial charge is 0.252 e. The van der Waals surface area contributed by atoms with Crippen LogP contribution in [-0.2, 0) is 32.5 Å². The number of nitrogens with zero attached hydrogens (tertiary/aromatic N) is 4. The molecule has 0 amide bonds. The van der Waals surface area contributed by atoms with Gasteiger partial charge in [-0.25, -0.2) is 0 Å². The Labute approximate surface area is 467 Å². The Morgan fingerprint density at radius 2 is 0.633 bits per heavy atom. The molecular weight excluding hydrogens is 954 g/mol. The van der Waals surface area contributed by atoms with E-state index in [0.29, 0.717) is 5.56 Å². The maximum absolute atomic E-state index is 10.5. The maximum atomic E-state index is 10.5. The minimum atomic E-state index is -0.118. The van der Waals surface area contributed by atoms with Crippen LogP contribution in [0.4, 0.5) is 0 Å². The van der Waals surface area contributed by atoms with Crippen molar-refractivity contribution < 1.29 is 0 Å². The van der Waals surface area contributed by atoms with Crippen molar-refractivity contribution in [3.8, 4) is 34.3 Å². The van der Waals surface area contributed by atoms with Crippen molar-refractivity contribution >= 4 is 112 Å². The number of hydrogen-bond donors (Lipinski definition) is 0. The molecule has 4 aliphatic heterocycles. The van der Waals surface area contributed by atoms with Crippen LogP contribution in [0.2, 0.25) is 0 Å². The first-order chi connectivity index (χ1) is 36.9. The lowest BCUT2D eigenvalue weighted by molar-refractivity contribution is 0.590. The molecule has 15 rings (SSSR count). The van der Waals surface area contributed by atoms with E-state index in [1.165, 1.54) is 154 Å². The third-order valence-electron chi connectivity index (χ3n) is 19.3. The highest BCUT2D eigenvalue weighted by atomic mass is 15.1. The van der Waals surface area contributed by atoms with Gasteiger partial charge in [-0.1, -0.05) is 173 Å². The Bertz CT molecular complexity index is 4440. The number of hydrogen-bond acceptors (Lipinski definition) is 1. The van der Waals surface area contributed by atoms with Crippen LogP contribution in [0.15, 0.2) is 109 Å². The summed E-state index contributed by atoms with van der Waals surface area (Å²) in [7, 11) is 0. The first kappa shape index (κ1) is 48.9. The third-order valence-corrected chi connectivity index (χ3v) is 19.3. The highest BCUT2D eigenvalue weighted by Crippen LogP contribution is 2.50. The Hall–Kier alpha value is -7.22. The van der Waals surface area contributed by atoms with Gasteiger partial charge < -0.3 is 13.7 Å². The van der Waals surface area contributed by atoms with E-state index in [1.54, 1.807) is 0 Å². The Balaban J connectivity index is 1.29. The Kier molecular flexibility index (Phi) is 9.13. The van der Waals surface area contributed by atoms with E-state index in [0.717, 1.165) is 5.56 Å². The fourth-order valence-corrected chi connectivity index (χ4v) is 14.9. The molecule has 0 saturated carbocycles. The lowest BCUT2D eigenvalue weighted by Gasteiger charge is -2.43. The number of fused-ring (bicyclic) bond motifs is 13. The van der Waals surface area contributed by atoms with Gasteiger partial charge in [0.1, 0.15) is 0 Å². The van der Waals surface area contributed by atoms with Gasteiger partial charge in [-0.3, -0.25) is 0 Å². The lowest BCUT2D eigenvalue weighted by Crippen LogP contribution is -2.67. The van der Waals surface area contributed by atoms with E-state index < -0.39 is 0 Å². The van der Waals surface area contributed by atoms with Gasteiger partial charge in [-0.05, 0) is 165 Å². The van der Waals surface area contributed by atoms with Crippen molar-refractivity contribution in [2.45, 2.75) is 157 Å². The molecule has 8 aromatic carbocycles. The van der Waals surface area contributed by atoms with E-state index >= 15 is 0 Å². The van der Waals surface area contributed by atoms with Crippen molar-refractivity contribution in [3.63, 3.8) is 0 Å². The van der Waals surface area contributed by atoms with Crippen LogP contribution in [-0.4, -0.2) is 27.1 Å². The van der Waals surface area contributed by atoms with Gasteiger partial charge in [0, 0.05) is 65.6 Å². The molecule has 0 N–H and O–H groups in total. The first-order valence-electron chi connectivity index (χ1n) is 29.1. The monoisotopic (exact) mass is 1030 g/mol. The fourth-order valence-electron chi connectivity index (χ4n) is 14.9. The van der Waals surface area contributed by atoms with E-state index in [1.807, 2.05) is 0 Å². The molecule has 0 saturated heterocycles. The molecule has 0 radical (unpaired) electrons. The summed E-state index contributed by atoms with van der Waals surface area (Å²) < 4.78 is 8.27. The van der Waals surface area contributed by atoms with Gasteiger partial charge in [0.15, 0.2) is 0 Å². The highest BCUT2D eigenvalue weighted by molar-refractivity contribution is 7.04. The number of rotatable bonds is 1. The van der Waals surface area contributed by atoms with Crippen LogP contribution < -0.4 is 32.8 Å². The molecule has 11 aromatic rings. The van der Waals surface area contributed by atoms with Crippen molar-refractivity contribution in [2.24, 2.45) is 0 Å². The molecule has 0 atom stereocenters. The molecular formula is C73H72B2N4. The average molecular weight is 1030 g/mol. The molecule has 0 aliphatic carbocycles. The minimum absolute atomic E-state index is 0.0510. The van der Waals surface area contributed by atoms with Crippen LogP contribution in [0.1, 0.15) is 164 Å². The largest absolute Gasteiger partial charge is 0.311 e. The van der Waals surface area contributed by atoms with Gasteiger partial charge in [0.2, 0.25) is 0 Å². The first-order valence-corrected chi connectivity index (χ1v) is 29.1. The summed E-state index contributed by atoms with van der Waals surface area (Å²) in [6, 6.07) is 46.7. The molecule has 0 fully saturated rings. The van der Waals surface area contributed by atoms with Gasteiger partial charge in [0.25, 0.3) is 13.4 Å². The summed E-state index contributed by atoms with van der Waals surface area (Å²) in [6.07, 6.45) is 0. The Morgan fingerprint density at radius 3 is 0.949 bits per heavy atom. The zero-order valence-electron chi connectivity index (χ0n) is 49.8. The molecule has 0 bridgehead atoms. The summed E-state index contributed by atoms with van der Waals surface area (Å²) in [5.74, 6) is 0. The average Bonchev–Trinajstić information content (AvgIpc) is 1.76. The summed E-state index contributed by atoms with van der Waals surface area (Å²) in [4.78, 5) is 0. The summed E-state index contributed by atoms with van der Waals surface area (Å²) in [5.41, 5.74) is 30.6. The van der Waals surface area contributed by atoms with Crippen LogP contribution >= 0.6 is 0 Å². The summed E-state index contributed by atoms with van der Waals surface area (Å²) in [6.45, 7) is 42.7. The van der Waals surface area contributed by atoms with Crippen LogP contribution in [0, 0.1) is 11.3 Å². The molecule has 3 aromatic heterocycles. The van der Waals surface area contributed by atoms with E-state index in [-0.39, 0.29) is 45.9 Å². The maximum Gasteiger partial charge on any atom is 0.252 e. The van der Waals surface area contributed by atoms with Crippen molar-refractivity contribution in [3.05, 3.63) is 148 Å². The fraction of sp³-hybridized carbons (Fsp3) is 0.329. The molecule has 390 valence electrons. The van der Waals surface area contributed by atoms with Crippen molar-refractivity contribution in [2.75, 3.05) is 0 Å². The van der Waals surface area contributed by atoms with Crippen LogP contribution in [0.5, 0.6) is 0 Å². The zero-order chi connectivity index (χ0) is 55.6. The number of nitriles is 1. The third kappa shape index (κ3) is 6.29. The molecule has 7 heterocycles. The molecule has 0 unspecified atom stereocenters. The van der Waals surface area contributed by atoms with E-state index in [4.69, 9.17) is 0 Å². The molecule has 0 spiro atoms. The number of aromatic nitrogens is 3. The van der Waals surface area contributed by atoms with E-state index in [9.17, 15) is 5.26 Å². The Morgan fingerprint density at radius 1 is 0.329 bits per heavy atom. The van der Waals surface area contributed by atoms with Crippen molar-refractivity contribution in [1.82, 2.24) is 13.7 Å². The highest BCUT2D eigenvalue weighted by Gasteiger charge is 2.52. The minimum Gasteiger partial charge on any atom is -0.311 e. The predicted octanol–water partition coefficient (Wildman–Crippen LogP) is 14.6. The normalized spacial score (nSPS) is 14.6. The molecule has 4 nitrogen and oxygen atoms in total. The van der Waals surface area contributed by atoms with Crippen LogP contribution in [0.3, 0.4) is 0 Å². The standard InChI is InChI=1S/C73H72B2N4/c1-68(2,3)40-23-25-56-46(27-40)48-29-42(70(7,8)9)33-52-61(48)77(56)65-58(39-21-19-38(37-76)20-22-39)66-60-67-59(65)74(52)54-35-44(72(13,14)15)31-50-51-32-45(73(16,17)18)36-55(64(51)79(67)63(50)54)75(60)53-34-43(71(10,11)12)30-49-47-28-41(69(4,5)6)24-26-57(47)78(66)62(49)53/h19-36H,1-18H3. The second-order valence-corrected chi connectivity index (χ2v) is 30.6. The van der Waals surface area contributed by atoms with E-state index in [2.05, 4.69) is 254 Å². The second-order valence-electron chi connectivity index (χ2n) is 30.6. The predicted molar refractivity (Wildman–Crippen MR) is 341 cm³/mol. The molecule has 79 heavy (non-hydrogen) atoms. The van der Waals surface area contributed by atoms with Gasteiger partial charge in [-0.2, -0.15) is 5.26 Å². The zero-order valence-corrected chi connectivity index (χ0v) is 49.8. The van der Waals surface area contributed by atoms with Crippen LogP contribution in [0.25, 0.3) is 93.6 Å². The summed E-state index contributed by atoms with van der Waals surface area (Å²) in [5, 5.41) is 18.4. The topological polar surface area (TPSA) is 38.6 Å². The molecule has 4 aliphatic rings. The second kappa shape index (κ2) is 14.8.